The number of hydrogen-bond acceptors (Lipinski definition) is 3. The van der Waals surface area contributed by atoms with Gasteiger partial charge in [0.2, 0.25) is 0 Å². The van der Waals surface area contributed by atoms with Crippen LogP contribution in [0.5, 0.6) is 0 Å². The SMILES string of the molecule is C[Si](C)(C)C#C/C(=C\c1ccsc1)B1Nc2cccc3cccc(c23)N1. The van der Waals surface area contributed by atoms with Crippen molar-refractivity contribution in [2.75, 3.05) is 10.5 Å². The van der Waals surface area contributed by atoms with Crippen molar-refractivity contribution in [1.82, 2.24) is 0 Å². The van der Waals surface area contributed by atoms with Crippen LogP contribution >= 0.6 is 11.3 Å². The molecule has 4 rings (SSSR count). The van der Waals surface area contributed by atoms with E-state index in [1.54, 1.807) is 11.3 Å². The highest BCUT2D eigenvalue weighted by atomic mass is 32.1. The Morgan fingerprint density at radius 3 is 2.31 bits per heavy atom. The van der Waals surface area contributed by atoms with Crippen LogP contribution in [0.15, 0.2) is 58.7 Å². The number of rotatable bonds is 2. The lowest BCUT2D eigenvalue weighted by Gasteiger charge is -2.26. The minimum Gasteiger partial charge on any atom is -0.404 e. The molecule has 0 saturated heterocycles. The molecule has 2 heterocycles. The van der Waals surface area contributed by atoms with E-state index in [4.69, 9.17) is 0 Å². The quantitative estimate of drug-likeness (QED) is 0.443. The summed E-state index contributed by atoms with van der Waals surface area (Å²) < 4.78 is 0. The smallest absolute Gasteiger partial charge is 0.404 e. The molecule has 1 aliphatic heterocycles. The van der Waals surface area contributed by atoms with Crippen LogP contribution in [0.4, 0.5) is 11.4 Å². The molecular weight excluding hydrogens is 351 g/mol. The molecule has 0 bridgehead atoms. The molecule has 128 valence electrons. The van der Waals surface area contributed by atoms with Crippen molar-refractivity contribution in [1.29, 1.82) is 0 Å². The van der Waals surface area contributed by atoms with Crippen LogP contribution in [0.3, 0.4) is 0 Å². The summed E-state index contributed by atoms with van der Waals surface area (Å²) in [5.74, 6) is 3.48. The van der Waals surface area contributed by atoms with Gasteiger partial charge in [-0.05, 0) is 46.0 Å². The van der Waals surface area contributed by atoms with E-state index in [2.05, 4.69) is 101 Å². The topological polar surface area (TPSA) is 24.1 Å². The monoisotopic (exact) mass is 372 g/mol. The van der Waals surface area contributed by atoms with Crippen LogP contribution in [-0.2, 0) is 0 Å². The minimum absolute atomic E-state index is 0.0285. The van der Waals surface area contributed by atoms with Crippen molar-refractivity contribution in [3.8, 4) is 11.5 Å². The van der Waals surface area contributed by atoms with E-state index in [0.717, 1.165) is 16.8 Å². The van der Waals surface area contributed by atoms with Crippen molar-refractivity contribution in [2.45, 2.75) is 19.6 Å². The summed E-state index contributed by atoms with van der Waals surface area (Å²) in [6.07, 6.45) is 2.20. The zero-order valence-electron chi connectivity index (χ0n) is 15.3. The van der Waals surface area contributed by atoms with Crippen molar-refractivity contribution in [3.05, 3.63) is 64.3 Å². The standard InChI is InChI=1S/C21H21BN2SSi/c1-26(2,3)13-11-18(14-16-10-12-25-15-16)22-23-19-8-4-6-17-7-5-9-20(24-22)21(17)19/h4-10,12,14-15,23-24H,1-3H3/b18-14+. The average molecular weight is 372 g/mol. The molecule has 1 aromatic heterocycles. The fourth-order valence-corrected chi connectivity index (χ4v) is 4.21. The van der Waals surface area contributed by atoms with Crippen LogP contribution < -0.4 is 10.5 Å². The first kappa shape index (κ1) is 17.0. The largest absolute Gasteiger partial charge is 0.414 e. The number of nitrogens with one attached hydrogen (secondary N) is 2. The van der Waals surface area contributed by atoms with Crippen molar-refractivity contribution >= 4 is 54.6 Å². The summed E-state index contributed by atoms with van der Waals surface area (Å²) in [7, 11) is -1.46. The van der Waals surface area contributed by atoms with Crippen LogP contribution in [-0.4, -0.2) is 15.1 Å². The zero-order valence-corrected chi connectivity index (χ0v) is 17.1. The molecule has 2 N–H and O–H groups in total. The number of benzene rings is 2. The fourth-order valence-electron chi connectivity index (χ4n) is 3.07. The molecule has 2 nitrogen and oxygen atoms in total. The Bertz CT molecular complexity index is 999. The van der Waals surface area contributed by atoms with E-state index in [9.17, 15) is 0 Å². The predicted octanol–water partition coefficient (Wildman–Crippen LogP) is 5.73. The van der Waals surface area contributed by atoms with E-state index < -0.39 is 8.07 Å². The third kappa shape index (κ3) is 3.57. The second kappa shape index (κ2) is 6.71. The Balaban J connectivity index is 1.76. The fraction of sp³-hybridized carbons (Fsp3) is 0.143. The first-order valence-corrected chi connectivity index (χ1v) is 13.3. The minimum atomic E-state index is -1.46. The van der Waals surface area contributed by atoms with Crippen molar-refractivity contribution < 1.29 is 0 Å². The summed E-state index contributed by atoms with van der Waals surface area (Å²) in [6, 6.07) is 14.9. The molecule has 5 heteroatoms. The Morgan fingerprint density at radius 1 is 1.04 bits per heavy atom. The molecule has 1 aliphatic rings. The highest BCUT2D eigenvalue weighted by molar-refractivity contribution is 7.08. The summed E-state index contributed by atoms with van der Waals surface area (Å²) in [5.41, 5.74) is 8.13. The van der Waals surface area contributed by atoms with Gasteiger partial charge in [-0.25, -0.2) is 0 Å². The second-order valence-corrected chi connectivity index (χ2v) is 13.1. The molecule has 0 spiro atoms. The Kier molecular flexibility index (Phi) is 4.39. The van der Waals surface area contributed by atoms with Crippen LogP contribution in [0.2, 0.25) is 19.6 Å². The first-order valence-electron chi connectivity index (χ1n) is 8.81. The third-order valence-electron chi connectivity index (χ3n) is 4.26. The van der Waals surface area contributed by atoms with Gasteiger partial charge >= 0.3 is 6.98 Å². The highest BCUT2D eigenvalue weighted by Crippen LogP contribution is 2.35. The zero-order chi connectivity index (χ0) is 18.1. The molecule has 0 atom stereocenters. The number of allylic oxidation sites excluding steroid dienone is 1. The van der Waals surface area contributed by atoms with Crippen molar-refractivity contribution in [3.63, 3.8) is 0 Å². The number of hydrogen-bond donors (Lipinski definition) is 2. The third-order valence-corrected chi connectivity index (χ3v) is 5.84. The lowest BCUT2D eigenvalue weighted by atomic mass is 9.65. The molecule has 0 aliphatic carbocycles. The predicted molar refractivity (Wildman–Crippen MR) is 120 cm³/mol. The summed E-state index contributed by atoms with van der Waals surface area (Å²) >= 11 is 1.71. The van der Waals surface area contributed by atoms with E-state index in [1.165, 1.54) is 16.3 Å². The Morgan fingerprint density at radius 2 is 1.73 bits per heavy atom. The van der Waals surface area contributed by atoms with Gasteiger partial charge in [-0.15, -0.1) is 5.54 Å². The van der Waals surface area contributed by atoms with Gasteiger partial charge in [-0.3, -0.25) is 0 Å². The Hall–Kier alpha value is -2.42. The molecule has 26 heavy (non-hydrogen) atoms. The second-order valence-electron chi connectivity index (χ2n) is 7.59. The molecule has 0 fully saturated rings. The van der Waals surface area contributed by atoms with Gasteiger partial charge in [0.25, 0.3) is 0 Å². The average Bonchev–Trinajstić information content (AvgIpc) is 3.11. The van der Waals surface area contributed by atoms with E-state index in [1.807, 2.05) is 0 Å². The lowest BCUT2D eigenvalue weighted by molar-refractivity contribution is 1.60. The molecule has 0 saturated carbocycles. The normalized spacial score (nSPS) is 13.7. The molecule has 3 aromatic rings. The van der Waals surface area contributed by atoms with E-state index in [-0.39, 0.29) is 6.98 Å². The van der Waals surface area contributed by atoms with Gasteiger partial charge < -0.3 is 10.5 Å². The van der Waals surface area contributed by atoms with Gasteiger partial charge in [0.05, 0.1) is 0 Å². The van der Waals surface area contributed by atoms with E-state index >= 15 is 0 Å². The molecule has 0 amide bonds. The van der Waals surface area contributed by atoms with Gasteiger partial charge in [0, 0.05) is 22.2 Å². The summed E-state index contributed by atoms with van der Waals surface area (Å²) in [5, 5.41) is 14.1. The molecular formula is C21H21BN2SSi. The Labute approximate surface area is 160 Å². The lowest BCUT2D eigenvalue weighted by Crippen LogP contribution is -2.39. The number of thiophene rings is 1. The van der Waals surface area contributed by atoms with Crippen LogP contribution in [0.1, 0.15) is 5.56 Å². The van der Waals surface area contributed by atoms with Gasteiger partial charge in [0.1, 0.15) is 8.07 Å². The summed E-state index contributed by atoms with van der Waals surface area (Å²) in [6.45, 7) is 6.80. The van der Waals surface area contributed by atoms with Crippen LogP contribution in [0, 0.1) is 11.5 Å². The maximum Gasteiger partial charge on any atom is 0.414 e. The van der Waals surface area contributed by atoms with E-state index in [0.29, 0.717) is 0 Å². The highest BCUT2D eigenvalue weighted by Gasteiger charge is 2.27. The van der Waals surface area contributed by atoms with Gasteiger partial charge in [0.15, 0.2) is 0 Å². The summed E-state index contributed by atoms with van der Waals surface area (Å²) in [4.78, 5) is 0. The van der Waals surface area contributed by atoms with Crippen LogP contribution in [0.25, 0.3) is 16.8 Å². The van der Waals surface area contributed by atoms with Gasteiger partial charge in [-0.2, -0.15) is 11.3 Å². The maximum absolute atomic E-state index is 3.65. The van der Waals surface area contributed by atoms with Crippen molar-refractivity contribution in [2.24, 2.45) is 0 Å². The molecule has 0 unspecified atom stereocenters. The molecule has 0 radical (unpaired) electrons. The first-order chi connectivity index (χ1) is 12.5. The molecule has 2 aromatic carbocycles. The maximum atomic E-state index is 3.65. The van der Waals surface area contributed by atoms with Gasteiger partial charge in [-0.1, -0.05) is 49.8 Å². The number of anilines is 2.